The van der Waals surface area contributed by atoms with Crippen LogP contribution in [0.15, 0.2) is 48.5 Å². The van der Waals surface area contributed by atoms with Crippen molar-refractivity contribution in [3.05, 3.63) is 69.7 Å². The van der Waals surface area contributed by atoms with E-state index in [2.05, 4.69) is 5.32 Å². The van der Waals surface area contributed by atoms with E-state index in [1.165, 1.54) is 6.08 Å². The van der Waals surface area contributed by atoms with E-state index < -0.39 is 0 Å². The molecule has 0 fully saturated rings. The lowest BCUT2D eigenvalue weighted by molar-refractivity contribution is -0.116. The Hall–Kier alpha value is -1.97. The Morgan fingerprint density at radius 3 is 2.50 bits per heavy atom. The number of para-hydroxylation sites is 1. The molecular formula is C17H15Cl2NO2. The molecule has 5 heteroatoms. The molecule has 0 aliphatic heterocycles. The second-order valence-electron chi connectivity index (χ2n) is 4.50. The van der Waals surface area contributed by atoms with Crippen molar-refractivity contribution in [1.29, 1.82) is 0 Å². The van der Waals surface area contributed by atoms with Crippen LogP contribution in [-0.4, -0.2) is 13.0 Å². The summed E-state index contributed by atoms with van der Waals surface area (Å²) in [6.07, 6.45) is 3.00. The monoisotopic (exact) mass is 335 g/mol. The van der Waals surface area contributed by atoms with Crippen molar-refractivity contribution >= 4 is 35.2 Å². The topological polar surface area (TPSA) is 38.3 Å². The van der Waals surface area contributed by atoms with E-state index in [9.17, 15) is 4.79 Å². The van der Waals surface area contributed by atoms with E-state index in [4.69, 9.17) is 27.9 Å². The quantitative estimate of drug-likeness (QED) is 0.826. The third-order valence-corrected chi connectivity index (χ3v) is 3.71. The van der Waals surface area contributed by atoms with Gasteiger partial charge in [0.25, 0.3) is 0 Å². The van der Waals surface area contributed by atoms with Gasteiger partial charge in [-0.05, 0) is 24.3 Å². The predicted molar refractivity (Wildman–Crippen MR) is 90.3 cm³/mol. The lowest BCUT2D eigenvalue weighted by Crippen LogP contribution is -2.20. The second-order valence-corrected chi connectivity index (χ2v) is 5.31. The Morgan fingerprint density at radius 1 is 1.14 bits per heavy atom. The van der Waals surface area contributed by atoms with Gasteiger partial charge in [0.05, 0.1) is 7.11 Å². The molecule has 0 aliphatic carbocycles. The highest BCUT2D eigenvalue weighted by molar-refractivity contribution is 6.37. The van der Waals surface area contributed by atoms with Crippen LogP contribution >= 0.6 is 23.2 Å². The van der Waals surface area contributed by atoms with Crippen molar-refractivity contribution in [3.8, 4) is 5.75 Å². The van der Waals surface area contributed by atoms with Crippen LogP contribution in [0.25, 0.3) is 6.08 Å². The summed E-state index contributed by atoms with van der Waals surface area (Å²) in [6.45, 7) is 0.378. The number of rotatable bonds is 5. The molecule has 1 N–H and O–H groups in total. The minimum absolute atomic E-state index is 0.234. The number of hydrogen-bond donors (Lipinski definition) is 1. The van der Waals surface area contributed by atoms with Crippen molar-refractivity contribution in [3.63, 3.8) is 0 Å². The zero-order valence-electron chi connectivity index (χ0n) is 12.0. The molecule has 2 aromatic carbocycles. The minimum Gasteiger partial charge on any atom is -0.496 e. The second kappa shape index (κ2) is 7.87. The van der Waals surface area contributed by atoms with Crippen molar-refractivity contribution < 1.29 is 9.53 Å². The molecule has 0 saturated heterocycles. The van der Waals surface area contributed by atoms with Crippen molar-refractivity contribution in [1.82, 2.24) is 5.32 Å². The van der Waals surface area contributed by atoms with Gasteiger partial charge < -0.3 is 10.1 Å². The van der Waals surface area contributed by atoms with E-state index in [0.717, 1.165) is 11.3 Å². The Bertz CT molecular complexity index is 679. The zero-order chi connectivity index (χ0) is 15.9. The van der Waals surface area contributed by atoms with Gasteiger partial charge in [0, 0.05) is 33.8 Å². The lowest BCUT2D eigenvalue weighted by Gasteiger charge is -2.08. The molecule has 0 bridgehead atoms. The smallest absolute Gasteiger partial charge is 0.244 e. The molecule has 0 saturated carbocycles. The average Bonchev–Trinajstić information content (AvgIpc) is 2.52. The summed E-state index contributed by atoms with van der Waals surface area (Å²) in [5, 5.41) is 3.79. The number of benzene rings is 2. The summed E-state index contributed by atoms with van der Waals surface area (Å²) in [5.41, 5.74) is 1.53. The van der Waals surface area contributed by atoms with Gasteiger partial charge in [-0.3, -0.25) is 4.79 Å². The normalized spacial score (nSPS) is 10.7. The zero-order valence-corrected chi connectivity index (χ0v) is 13.5. The van der Waals surface area contributed by atoms with E-state index in [0.29, 0.717) is 22.2 Å². The summed E-state index contributed by atoms with van der Waals surface area (Å²) in [7, 11) is 1.60. The Balaban J connectivity index is 2.00. The molecule has 3 nitrogen and oxygen atoms in total. The van der Waals surface area contributed by atoms with Crippen molar-refractivity contribution in [2.45, 2.75) is 6.54 Å². The van der Waals surface area contributed by atoms with E-state index in [-0.39, 0.29) is 5.91 Å². The molecule has 0 spiro atoms. The molecular weight excluding hydrogens is 321 g/mol. The third kappa shape index (κ3) is 4.26. The maximum Gasteiger partial charge on any atom is 0.244 e. The Morgan fingerprint density at radius 2 is 1.82 bits per heavy atom. The Labute approximate surface area is 139 Å². The molecule has 0 radical (unpaired) electrons. The average molecular weight is 336 g/mol. The van der Waals surface area contributed by atoms with Crippen molar-refractivity contribution in [2.24, 2.45) is 0 Å². The maximum absolute atomic E-state index is 11.9. The first-order valence-corrected chi connectivity index (χ1v) is 7.39. The van der Waals surface area contributed by atoms with Crippen LogP contribution in [0.2, 0.25) is 10.0 Å². The van der Waals surface area contributed by atoms with Gasteiger partial charge >= 0.3 is 0 Å². The summed E-state index contributed by atoms with van der Waals surface area (Å²) in [5.74, 6) is 0.503. The number of hydrogen-bond acceptors (Lipinski definition) is 2. The van der Waals surface area contributed by atoms with Crippen LogP contribution < -0.4 is 10.1 Å². The van der Waals surface area contributed by atoms with Gasteiger partial charge in [-0.1, -0.05) is 47.5 Å². The summed E-state index contributed by atoms with van der Waals surface area (Å²) in [6, 6.07) is 12.7. The third-order valence-electron chi connectivity index (χ3n) is 3.05. The fourth-order valence-electron chi connectivity index (χ4n) is 1.92. The van der Waals surface area contributed by atoms with Gasteiger partial charge in [-0.25, -0.2) is 0 Å². The highest BCUT2D eigenvalue weighted by Crippen LogP contribution is 2.25. The van der Waals surface area contributed by atoms with Gasteiger partial charge in [0.1, 0.15) is 5.75 Å². The fourth-order valence-corrected chi connectivity index (χ4v) is 2.44. The van der Waals surface area contributed by atoms with E-state index in [1.807, 2.05) is 24.3 Å². The SMILES string of the molecule is COc1ccccc1CNC(=O)/C=C/c1c(Cl)cccc1Cl. The van der Waals surface area contributed by atoms with Crippen LogP contribution in [-0.2, 0) is 11.3 Å². The fraction of sp³-hybridized carbons (Fsp3) is 0.118. The molecule has 0 aromatic heterocycles. The largest absolute Gasteiger partial charge is 0.496 e. The number of amides is 1. The highest BCUT2D eigenvalue weighted by Gasteiger charge is 2.04. The molecule has 2 rings (SSSR count). The summed E-state index contributed by atoms with van der Waals surface area (Å²) >= 11 is 12.1. The minimum atomic E-state index is -0.234. The number of ether oxygens (including phenoxy) is 1. The lowest BCUT2D eigenvalue weighted by atomic mass is 10.2. The van der Waals surface area contributed by atoms with Crippen LogP contribution in [0.3, 0.4) is 0 Å². The number of carbonyl (C=O) groups is 1. The number of methoxy groups -OCH3 is 1. The van der Waals surface area contributed by atoms with Crippen LogP contribution in [0.1, 0.15) is 11.1 Å². The number of carbonyl (C=O) groups excluding carboxylic acids is 1. The molecule has 1 amide bonds. The molecule has 0 unspecified atom stereocenters. The van der Waals surface area contributed by atoms with E-state index >= 15 is 0 Å². The molecule has 114 valence electrons. The van der Waals surface area contributed by atoms with Crippen molar-refractivity contribution in [2.75, 3.05) is 7.11 Å². The van der Waals surface area contributed by atoms with Gasteiger partial charge in [-0.15, -0.1) is 0 Å². The predicted octanol–water partition coefficient (Wildman–Crippen LogP) is 4.33. The van der Waals surface area contributed by atoms with Gasteiger partial charge in [-0.2, -0.15) is 0 Å². The molecule has 2 aromatic rings. The van der Waals surface area contributed by atoms with E-state index in [1.54, 1.807) is 31.4 Å². The maximum atomic E-state index is 11.9. The molecule has 22 heavy (non-hydrogen) atoms. The first-order chi connectivity index (χ1) is 10.6. The first-order valence-electron chi connectivity index (χ1n) is 6.63. The molecule has 0 aliphatic rings. The highest BCUT2D eigenvalue weighted by atomic mass is 35.5. The number of nitrogens with one attached hydrogen (secondary N) is 1. The van der Waals surface area contributed by atoms with Crippen LogP contribution in [0, 0.1) is 0 Å². The van der Waals surface area contributed by atoms with Crippen LogP contribution in [0.4, 0.5) is 0 Å². The standard InChI is InChI=1S/C17H15Cl2NO2/c1-22-16-8-3-2-5-12(16)11-20-17(21)10-9-13-14(18)6-4-7-15(13)19/h2-10H,11H2,1H3,(H,20,21)/b10-9+. The summed E-state index contributed by atoms with van der Waals surface area (Å²) in [4.78, 5) is 11.9. The molecule has 0 atom stereocenters. The summed E-state index contributed by atoms with van der Waals surface area (Å²) < 4.78 is 5.23. The van der Waals surface area contributed by atoms with Gasteiger partial charge in [0.2, 0.25) is 5.91 Å². The Kier molecular flexibility index (Phi) is 5.87. The molecule has 0 heterocycles. The first kappa shape index (κ1) is 16.4. The van der Waals surface area contributed by atoms with Crippen LogP contribution in [0.5, 0.6) is 5.75 Å². The van der Waals surface area contributed by atoms with Gasteiger partial charge in [0.15, 0.2) is 0 Å². The number of halogens is 2.